The van der Waals surface area contributed by atoms with Crippen molar-refractivity contribution in [1.82, 2.24) is 0 Å². The van der Waals surface area contributed by atoms with E-state index in [1.807, 2.05) is 6.92 Å². The Bertz CT molecular complexity index is 429. The second-order valence-electron chi connectivity index (χ2n) is 3.51. The number of carbonyl (C=O) groups excluding carboxylic acids is 1. The van der Waals surface area contributed by atoms with E-state index in [1.165, 1.54) is 0 Å². The topological polar surface area (TPSA) is 37.3 Å². The molecule has 1 aliphatic carbocycles. The van der Waals surface area contributed by atoms with Crippen molar-refractivity contribution < 1.29 is 9.90 Å². The van der Waals surface area contributed by atoms with E-state index < -0.39 is 0 Å². The van der Waals surface area contributed by atoms with Gasteiger partial charge in [-0.1, -0.05) is 18.5 Å². The fourth-order valence-corrected chi connectivity index (χ4v) is 2.82. The van der Waals surface area contributed by atoms with Crippen LogP contribution < -0.4 is 0 Å². The molecule has 2 rings (SSSR count). The zero-order valence-corrected chi connectivity index (χ0v) is 9.82. The molecule has 74 valence electrons. The van der Waals surface area contributed by atoms with Gasteiger partial charge in [-0.2, -0.15) is 0 Å². The molecule has 1 aromatic carbocycles. The smallest absolute Gasteiger partial charge is 0.167 e. The molecule has 1 N–H and O–H groups in total. The van der Waals surface area contributed by atoms with Crippen molar-refractivity contribution in [1.29, 1.82) is 0 Å². The monoisotopic (exact) mass is 274 g/mol. The molecule has 0 fully saturated rings. The molecule has 0 bridgehead atoms. The number of ketones is 1. The third-order valence-electron chi connectivity index (χ3n) is 2.51. The van der Waals surface area contributed by atoms with Crippen molar-refractivity contribution in [2.45, 2.75) is 19.3 Å². The molecule has 1 aliphatic rings. The van der Waals surface area contributed by atoms with E-state index in [0.717, 1.165) is 5.56 Å². The van der Waals surface area contributed by atoms with Gasteiger partial charge in [0.2, 0.25) is 0 Å². The van der Waals surface area contributed by atoms with Crippen molar-refractivity contribution in [3.05, 3.63) is 26.7 Å². The van der Waals surface area contributed by atoms with Gasteiger partial charge in [-0.25, -0.2) is 0 Å². The van der Waals surface area contributed by atoms with Gasteiger partial charge in [0.1, 0.15) is 5.75 Å². The summed E-state index contributed by atoms with van der Waals surface area (Å²) in [5.74, 6) is 0.0796. The first-order valence-electron chi connectivity index (χ1n) is 4.26. The van der Waals surface area contributed by atoms with Gasteiger partial charge in [0.05, 0.1) is 10.0 Å². The van der Waals surface area contributed by atoms with E-state index in [4.69, 9.17) is 11.6 Å². The van der Waals surface area contributed by atoms with Crippen LogP contribution in [0.25, 0.3) is 0 Å². The fourth-order valence-electron chi connectivity index (χ4n) is 1.87. The van der Waals surface area contributed by atoms with Gasteiger partial charge in [-0.3, -0.25) is 4.79 Å². The molecule has 0 aromatic heterocycles. The van der Waals surface area contributed by atoms with E-state index in [-0.39, 0.29) is 17.5 Å². The van der Waals surface area contributed by atoms with Crippen LogP contribution in [0.1, 0.15) is 35.2 Å². The molecule has 0 radical (unpaired) electrons. The number of hydrogen-bond donors (Lipinski definition) is 1. The maximum atomic E-state index is 11.6. The summed E-state index contributed by atoms with van der Waals surface area (Å²) < 4.78 is 0.476. The van der Waals surface area contributed by atoms with Crippen molar-refractivity contribution in [3.8, 4) is 5.75 Å². The van der Waals surface area contributed by atoms with E-state index in [9.17, 15) is 9.90 Å². The Morgan fingerprint density at radius 1 is 1.64 bits per heavy atom. The fraction of sp³-hybridized carbons (Fsp3) is 0.300. The summed E-state index contributed by atoms with van der Waals surface area (Å²) in [4.78, 5) is 11.6. The zero-order valence-electron chi connectivity index (χ0n) is 7.47. The van der Waals surface area contributed by atoms with Gasteiger partial charge < -0.3 is 5.11 Å². The van der Waals surface area contributed by atoms with Gasteiger partial charge in [0, 0.05) is 11.4 Å². The summed E-state index contributed by atoms with van der Waals surface area (Å²) in [6.07, 6.45) is 0.430. The highest BCUT2D eigenvalue weighted by atomic mass is 79.9. The van der Waals surface area contributed by atoms with Gasteiger partial charge in [0.15, 0.2) is 5.78 Å². The molecule has 2 nitrogen and oxygen atoms in total. The van der Waals surface area contributed by atoms with Gasteiger partial charge in [0.25, 0.3) is 0 Å². The summed E-state index contributed by atoms with van der Waals surface area (Å²) in [5.41, 5.74) is 1.16. The zero-order chi connectivity index (χ0) is 10.5. The first-order valence-corrected chi connectivity index (χ1v) is 5.43. The molecule has 0 heterocycles. The van der Waals surface area contributed by atoms with Crippen LogP contribution in [0.15, 0.2) is 10.5 Å². The van der Waals surface area contributed by atoms with Crippen molar-refractivity contribution >= 4 is 33.3 Å². The Balaban J connectivity index is 2.79. The van der Waals surface area contributed by atoms with Gasteiger partial charge in [-0.05, 0) is 33.5 Å². The SMILES string of the molecule is C[C@@H]1CC(=O)c2c(O)c(Br)cc(Cl)c21. The lowest BCUT2D eigenvalue weighted by molar-refractivity contribution is 0.0988. The van der Waals surface area contributed by atoms with Crippen molar-refractivity contribution in [3.63, 3.8) is 0 Å². The maximum Gasteiger partial charge on any atom is 0.167 e. The van der Waals surface area contributed by atoms with Crippen LogP contribution in [-0.4, -0.2) is 10.9 Å². The van der Waals surface area contributed by atoms with E-state index >= 15 is 0 Å². The quantitative estimate of drug-likeness (QED) is 0.787. The number of fused-ring (bicyclic) bond motifs is 1. The second kappa shape index (κ2) is 3.24. The van der Waals surface area contributed by atoms with E-state index in [0.29, 0.717) is 21.5 Å². The standard InChI is InChI=1S/C10H8BrClO2/c1-4-2-7(13)9-8(4)6(12)3-5(11)10(9)14/h3-4,14H,2H2,1H3/t4-/m1/s1. The van der Waals surface area contributed by atoms with Crippen LogP contribution in [0.3, 0.4) is 0 Å². The Labute approximate surface area is 95.0 Å². The molecular weight excluding hydrogens is 267 g/mol. The van der Waals surface area contributed by atoms with E-state index in [1.54, 1.807) is 6.07 Å². The average Bonchev–Trinajstić information content (AvgIpc) is 2.38. The van der Waals surface area contributed by atoms with Gasteiger partial charge in [-0.15, -0.1) is 0 Å². The molecule has 4 heteroatoms. The predicted molar refractivity (Wildman–Crippen MR) is 58.2 cm³/mol. The minimum absolute atomic E-state index is 0.0127. The number of phenolic OH excluding ortho intramolecular Hbond substituents is 1. The van der Waals surface area contributed by atoms with Crippen molar-refractivity contribution in [2.24, 2.45) is 0 Å². The minimum atomic E-state index is -0.0341. The third kappa shape index (κ3) is 1.27. The normalized spacial score (nSPS) is 19.9. The molecule has 0 amide bonds. The van der Waals surface area contributed by atoms with Gasteiger partial charge >= 0.3 is 0 Å². The molecule has 0 aliphatic heterocycles. The summed E-state index contributed by atoms with van der Waals surface area (Å²) in [6.45, 7) is 1.93. The molecule has 0 saturated heterocycles. The highest BCUT2D eigenvalue weighted by molar-refractivity contribution is 9.10. The Kier molecular flexibility index (Phi) is 2.32. The van der Waals surface area contributed by atoms with Crippen LogP contribution in [0.5, 0.6) is 5.75 Å². The lowest BCUT2D eigenvalue weighted by Gasteiger charge is -2.08. The average molecular weight is 276 g/mol. The molecule has 1 atom stereocenters. The lowest BCUT2D eigenvalue weighted by atomic mass is 10.0. The van der Waals surface area contributed by atoms with Crippen LogP contribution in [0, 0.1) is 0 Å². The lowest BCUT2D eigenvalue weighted by Crippen LogP contribution is -1.93. The first-order chi connectivity index (χ1) is 6.52. The summed E-state index contributed by atoms with van der Waals surface area (Å²) in [7, 11) is 0. The number of carbonyl (C=O) groups is 1. The summed E-state index contributed by atoms with van der Waals surface area (Å²) in [6, 6.07) is 1.63. The highest BCUT2D eigenvalue weighted by Gasteiger charge is 2.32. The predicted octanol–water partition coefficient (Wildman–Crippen LogP) is 3.50. The molecule has 0 unspecified atom stereocenters. The maximum absolute atomic E-state index is 11.6. The molecule has 0 spiro atoms. The molecule has 1 aromatic rings. The Morgan fingerprint density at radius 3 is 2.93 bits per heavy atom. The molecule has 14 heavy (non-hydrogen) atoms. The number of halogens is 2. The number of aromatic hydroxyl groups is 1. The van der Waals surface area contributed by atoms with Crippen molar-refractivity contribution in [2.75, 3.05) is 0 Å². The second-order valence-corrected chi connectivity index (χ2v) is 4.77. The minimum Gasteiger partial charge on any atom is -0.506 e. The first kappa shape index (κ1) is 9.99. The Morgan fingerprint density at radius 2 is 2.29 bits per heavy atom. The largest absolute Gasteiger partial charge is 0.506 e. The van der Waals surface area contributed by atoms with Crippen LogP contribution in [0.4, 0.5) is 0 Å². The van der Waals surface area contributed by atoms with Crippen LogP contribution >= 0.6 is 27.5 Å². The summed E-state index contributed by atoms with van der Waals surface area (Å²) in [5, 5.41) is 10.2. The molecular formula is C10H8BrClO2. The number of hydrogen-bond acceptors (Lipinski definition) is 2. The third-order valence-corrected chi connectivity index (χ3v) is 3.42. The Hall–Kier alpha value is -0.540. The number of rotatable bonds is 0. The van der Waals surface area contributed by atoms with Crippen LogP contribution in [0.2, 0.25) is 5.02 Å². The van der Waals surface area contributed by atoms with Crippen LogP contribution in [-0.2, 0) is 0 Å². The number of Topliss-reactive ketones (excluding diaryl/α,β-unsaturated/α-hetero) is 1. The highest BCUT2D eigenvalue weighted by Crippen LogP contribution is 2.45. The number of phenols is 1. The van der Waals surface area contributed by atoms with E-state index in [2.05, 4.69) is 15.9 Å². The molecule has 0 saturated carbocycles. The summed E-state index contributed by atoms with van der Waals surface area (Å²) >= 11 is 9.17. The number of benzene rings is 1.